The van der Waals surface area contributed by atoms with E-state index in [0.717, 1.165) is 25.7 Å². The summed E-state index contributed by atoms with van der Waals surface area (Å²) in [6.45, 7) is 2.42. The molecule has 1 amide bonds. The van der Waals surface area contributed by atoms with E-state index in [9.17, 15) is 9.59 Å². The topological polar surface area (TPSA) is 55.8 Å². The van der Waals surface area contributed by atoms with Crippen molar-refractivity contribution in [2.75, 3.05) is 19.8 Å². The van der Waals surface area contributed by atoms with Crippen LogP contribution < -0.4 is 4.74 Å². The second-order valence-electron chi connectivity index (χ2n) is 6.51. The Hall–Kier alpha value is -1.75. The van der Waals surface area contributed by atoms with Crippen molar-refractivity contribution >= 4 is 23.5 Å². The molecule has 0 aromatic heterocycles. The molecule has 0 saturated heterocycles. The lowest BCUT2D eigenvalue weighted by Gasteiger charge is -2.31. The SMILES string of the molecule is CCOC(=O)CCN(C(=O)COc1ccccc1Cl)C1CCCCCC1. The second-order valence-corrected chi connectivity index (χ2v) is 6.91. The third-order valence-corrected chi connectivity index (χ3v) is 4.95. The van der Waals surface area contributed by atoms with Crippen LogP contribution in [-0.4, -0.2) is 42.6 Å². The molecule has 1 saturated carbocycles. The molecule has 1 aliphatic carbocycles. The largest absolute Gasteiger partial charge is 0.482 e. The zero-order valence-corrected chi connectivity index (χ0v) is 16.2. The van der Waals surface area contributed by atoms with Crippen LogP contribution in [0.25, 0.3) is 0 Å². The Kier molecular flexibility index (Phi) is 8.75. The molecule has 0 heterocycles. The van der Waals surface area contributed by atoms with Crippen molar-refractivity contribution in [3.63, 3.8) is 0 Å². The van der Waals surface area contributed by atoms with Crippen LogP contribution >= 0.6 is 11.6 Å². The number of carbonyl (C=O) groups excluding carboxylic acids is 2. The maximum atomic E-state index is 12.8. The van der Waals surface area contributed by atoms with Crippen molar-refractivity contribution in [1.82, 2.24) is 4.90 Å². The Balaban J connectivity index is 1.99. The van der Waals surface area contributed by atoms with E-state index in [2.05, 4.69) is 0 Å². The molecule has 1 aromatic rings. The van der Waals surface area contributed by atoms with Crippen LogP contribution in [0.1, 0.15) is 51.9 Å². The maximum absolute atomic E-state index is 12.8. The molecule has 26 heavy (non-hydrogen) atoms. The summed E-state index contributed by atoms with van der Waals surface area (Å²) in [5, 5.41) is 0.479. The highest BCUT2D eigenvalue weighted by Gasteiger charge is 2.25. The molecule has 144 valence electrons. The number of esters is 1. The summed E-state index contributed by atoms with van der Waals surface area (Å²) in [4.78, 5) is 26.4. The molecule has 0 atom stereocenters. The number of ether oxygens (including phenoxy) is 2. The summed E-state index contributed by atoms with van der Waals surface area (Å²) < 4.78 is 10.6. The van der Waals surface area contributed by atoms with E-state index in [1.54, 1.807) is 24.0 Å². The average molecular weight is 382 g/mol. The minimum atomic E-state index is -0.272. The Morgan fingerprint density at radius 3 is 2.50 bits per heavy atom. The summed E-state index contributed by atoms with van der Waals surface area (Å²) in [5.74, 6) is 0.112. The molecule has 1 aliphatic rings. The van der Waals surface area contributed by atoms with Crippen molar-refractivity contribution in [1.29, 1.82) is 0 Å². The fourth-order valence-corrected chi connectivity index (χ4v) is 3.50. The Bertz CT molecular complexity index is 585. The van der Waals surface area contributed by atoms with E-state index in [1.807, 2.05) is 12.1 Å². The predicted octanol–water partition coefficient (Wildman–Crippen LogP) is 4.22. The highest BCUT2D eigenvalue weighted by atomic mass is 35.5. The molecular formula is C20H28ClNO4. The minimum absolute atomic E-state index is 0.0803. The van der Waals surface area contributed by atoms with Gasteiger partial charge in [-0.25, -0.2) is 0 Å². The molecule has 0 spiro atoms. The van der Waals surface area contributed by atoms with E-state index < -0.39 is 0 Å². The monoisotopic (exact) mass is 381 g/mol. The van der Waals surface area contributed by atoms with Crippen LogP contribution in [-0.2, 0) is 14.3 Å². The fraction of sp³-hybridized carbons (Fsp3) is 0.600. The van der Waals surface area contributed by atoms with Crippen molar-refractivity contribution in [2.24, 2.45) is 0 Å². The van der Waals surface area contributed by atoms with Crippen LogP contribution in [0.4, 0.5) is 0 Å². The quantitative estimate of drug-likeness (QED) is 0.499. The molecular weight excluding hydrogens is 354 g/mol. The summed E-state index contributed by atoms with van der Waals surface area (Å²) in [5.41, 5.74) is 0. The van der Waals surface area contributed by atoms with Crippen LogP contribution in [0.2, 0.25) is 5.02 Å². The predicted molar refractivity (Wildman–Crippen MR) is 101 cm³/mol. The molecule has 0 N–H and O–H groups in total. The van der Waals surface area contributed by atoms with Gasteiger partial charge < -0.3 is 14.4 Å². The van der Waals surface area contributed by atoms with Gasteiger partial charge in [-0.1, -0.05) is 49.4 Å². The van der Waals surface area contributed by atoms with Gasteiger partial charge in [0, 0.05) is 12.6 Å². The smallest absolute Gasteiger partial charge is 0.307 e. The van der Waals surface area contributed by atoms with E-state index in [1.165, 1.54) is 12.8 Å². The van der Waals surface area contributed by atoms with E-state index in [-0.39, 0.29) is 30.9 Å². The van der Waals surface area contributed by atoms with Gasteiger partial charge in [-0.3, -0.25) is 9.59 Å². The van der Waals surface area contributed by atoms with Gasteiger partial charge in [0.15, 0.2) is 6.61 Å². The number of nitrogens with zero attached hydrogens (tertiary/aromatic N) is 1. The van der Waals surface area contributed by atoms with Gasteiger partial charge in [0.1, 0.15) is 5.75 Å². The van der Waals surface area contributed by atoms with Gasteiger partial charge in [0.25, 0.3) is 5.91 Å². The van der Waals surface area contributed by atoms with Crippen LogP contribution in [0, 0.1) is 0 Å². The molecule has 0 unspecified atom stereocenters. The van der Waals surface area contributed by atoms with E-state index in [4.69, 9.17) is 21.1 Å². The fourth-order valence-electron chi connectivity index (χ4n) is 3.31. The molecule has 1 fully saturated rings. The summed E-state index contributed by atoms with van der Waals surface area (Å²) in [6.07, 6.45) is 6.78. The normalized spacial score (nSPS) is 15.2. The first kappa shape index (κ1) is 20.6. The molecule has 1 aromatic carbocycles. The van der Waals surface area contributed by atoms with Gasteiger partial charge in [-0.2, -0.15) is 0 Å². The average Bonchev–Trinajstić information content (AvgIpc) is 2.91. The number of benzene rings is 1. The standard InChI is InChI=1S/C20H28ClNO4/c1-2-25-20(24)13-14-22(16-9-5-3-4-6-10-16)19(23)15-26-18-12-8-7-11-17(18)21/h7-8,11-12,16H,2-6,9-10,13-15H2,1H3. The minimum Gasteiger partial charge on any atom is -0.482 e. The Morgan fingerprint density at radius 2 is 1.85 bits per heavy atom. The molecule has 0 aliphatic heterocycles. The lowest BCUT2D eigenvalue weighted by Crippen LogP contribution is -2.44. The number of hydrogen-bond acceptors (Lipinski definition) is 4. The lowest BCUT2D eigenvalue weighted by molar-refractivity contribution is -0.145. The van der Waals surface area contributed by atoms with Crippen LogP contribution in [0.15, 0.2) is 24.3 Å². The van der Waals surface area contributed by atoms with Crippen LogP contribution in [0.3, 0.4) is 0 Å². The molecule has 6 heteroatoms. The third kappa shape index (κ3) is 6.52. The third-order valence-electron chi connectivity index (χ3n) is 4.64. The molecule has 5 nitrogen and oxygen atoms in total. The number of para-hydroxylation sites is 1. The summed E-state index contributed by atoms with van der Waals surface area (Å²) in [6, 6.07) is 7.26. The zero-order valence-electron chi connectivity index (χ0n) is 15.4. The number of rotatable bonds is 8. The van der Waals surface area contributed by atoms with E-state index >= 15 is 0 Å². The van der Waals surface area contributed by atoms with Crippen molar-refractivity contribution in [2.45, 2.75) is 57.9 Å². The second kappa shape index (κ2) is 11.1. The molecule has 0 radical (unpaired) electrons. The van der Waals surface area contributed by atoms with Gasteiger partial charge in [0.2, 0.25) is 0 Å². The first-order chi connectivity index (χ1) is 12.6. The summed E-state index contributed by atoms with van der Waals surface area (Å²) in [7, 11) is 0. The van der Waals surface area contributed by atoms with Gasteiger partial charge in [-0.05, 0) is 31.9 Å². The Morgan fingerprint density at radius 1 is 1.15 bits per heavy atom. The molecule has 2 rings (SSSR count). The number of amides is 1. The number of carbonyl (C=O) groups is 2. The highest BCUT2D eigenvalue weighted by molar-refractivity contribution is 6.32. The summed E-state index contributed by atoms with van der Waals surface area (Å²) >= 11 is 6.08. The number of halogens is 1. The highest BCUT2D eigenvalue weighted by Crippen LogP contribution is 2.25. The van der Waals surface area contributed by atoms with Crippen molar-refractivity contribution < 1.29 is 19.1 Å². The maximum Gasteiger partial charge on any atom is 0.307 e. The van der Waals surface area contributed by atoms with Gasteiger partial charge in [0.05, 0.1) is 18.1 Å². The zero-order chi connectivity index (χ0) is 18.8. The van der Waals surface area contributed by atoms with E-state index in [0.29, 0.717) is 23.9 Å². The van der Waals surface area contributed by atoms with Crippen molar-refractivity contribution in [3.8, 4) is 5.75 Å². The lowest BCUT2D eigenvalue weighted by atomic mass is 10.1. The van der Waals surface area contributed by atoms with Gasteiger partial charge >= 0.3 is 5.97 Å². The van der Waals surface area contributed by atoms with Crippen molar-refractivity contribution in [3.05, 3.63) is 29.3 Å². The Labute approximate surface area is 160 Å². The molecule has 0 bridgehead atoms. The first-order valence-corrected chi connectivity index (χ1v) is 9.82. The first-order valence-electron chi connectivity index (χ1n) is 9.44. The van der Waals surface area contributed by atoms with Crippen LogP contribution in [0.5, 0.6) is 5.75 Å². The number of hydrogen-bond donors (Lipinski definition) is 0. The van der Waals surface area contributed by atoms with Gasteiger partial charge in [-0.15, -0.1) is 0 Å².